The Bertz CT molecular complexity index is 781. The second kappa shape index (κ2) is 8.41. The van der Waals surface area contributed by atoms with Crippen LogP contribution in [0.25, 0.3) is 0 Å². The van der Waals surface area contributed by atoms with E-state index in [4.69, 9.17) is 32.2 Å². The molecule has 0 atom stereocenters. The molecule has 2 aromatic rings. The lowest BCUT2D eigenvalue weighted by atomic mass is 9.85. The largest absolute Gasteiger partial charge is 0.493 e. The van der Waals surface area contributed by atoms with Gasteiger partial charge < -0.3 is 19.9 Å². The van der Waals surface area contributed by atoms with Crippen molar-refractivity contribution in [2.45, 2.75) is 33.1 Å². The first kappa shape index (κ1) is 20.0. The van der Waals surface area contributed by atoms with E-state index in [0.717, 1.165) is 16.9 Å². The van der Waals surface area contributed by atoms with Gasteiger partial charge in [-0.3, -0.25) is 0 Å². The van der Waals surface area contributed by atoms with Crippen molar-refractivity contribution in [3.63, 3.8) is 0 Å². The van der Waals surface area contributed by atoms with Crippen molar-refractivity contribution in [3.05, 3.63) is 53.1 Å². The summed E-state index contributed by atoms with van der Waals surface area (Å²) in [5.41, 5.74) is 8.72. The monoisotopic (exact) mass is 373 g/mol. The number of nitrogens with two attached hydrogens (primary N) is 1. The fraction of sp³-hybridized carbons (Fsp3) is 0.381. The Morgan fingerprint density at radius 1 is 1.04 bits per heavy atom. The maximum atomic E-state index is 6.05. The van der Waals surface area contributed by atoms with Crippen LogP contribution in [0.15, 0.2) is 36.4 Å². The van der Waals surface area contributed by atoms with Crippen LogP contribution in [0.1, 0.15) is 37.5 Å². The molecule has 0 saturated carbocycles. The van der Waals surface area contributed by atoms with Crippen LogP contribution in [0.4, 0.5) is 0 Å². The molecule has 0 aliphatic heterocycles. The molecule has 2 aromatic carbocycles. The Hall–Kier alpha value is -2.27. The number of thiocarbonyl (C=S) groups is 1. The highest BCUT2D eigenvalue weighted by Gasteiger charge is 2.20. The minimum Gasteiger partial charge on any atom is -0.493 e. The normalized spacial score (nSPS) is 11.1. The molecular formula is C21H27NO3S. The Morgan fingerprint density at radius 2 is 1.73 bits per heavy atom. The first-order chi connectivity index (χ1) is 12.2. The zero-order valence-corrected chi connectivity index (χ0v) is 16.9. The number of benzene rings is 2. The van der Waals surface area contributed by atoms with Gasteiger partial charge in [-0.1, -0.05) is 51.2 Å². The molecule has 5 heteroatoms. The Balaban J connectivity index is 2.03. The van der Waals surface area contributed by atoms with Crippen molar-refractivity contribution < 1.29 is 14.2 Å². The average Bonchev–Trinajstić information content (AvgIpc) is 2.58. The fourth-order valence-corrected chi connectivity index (χ4v) is 2.80. The molecule has 0 bridgehead atoms. The lowest BCUT2D eigenvalue weighted by Crippen LogP contribution is -2.17. The van der Waals surface area contributed by atoms with Crippen molar-refractivity contribution in [2.24, 2.45) is 5.73 Å². The van der Waals surface area contributed by atoms with Gasteiger partial charge in [0.25, 0.3) is 0 Å². The van der Waals surface area contributed by atoms with Crippen LogP contribution in [0.5, 0.6) is 17.2 Å². The summed E-state index contributed by atoms with van der Waals surface area (Å²) in [6.07, 6.45) is 0. The molecular weight excluding hydrogens is 346 g/mol. The van der Waals surface area contributed by atoms with Crippen LogP contribution >= 0.6 is 12.2 Å². The minimum atomic E-state index is 0.0158. The van der Waals surface area contributed by atoms with Gasteiger partial charge in [0.05, 0.1) is 7.11 Å². The van der Waals surface area contributed by atoms with Crippen LogP contribution in [0, 0.1) is 6.92 Å². The van der Waals surface area contributed by atoms with E-state index in [1.54, 1.807) is 13.2 Å². The van der Waals surface area contributed by atoms with Gasteiger partial charge in [0.1, 0.15) is 24.0 Å². The van der Waals surface area contributed by atoms with Gasteiger partial charge in [0, 0.05) is 5.56 Å². The number of rotatable bonds is 7. The van der Waals surface area contributed by atoms with Gasteiger partial charge in [0.15, 0.2) is 11.5 Å². The molecule has 0 spiro atoms. The molecule has 2 N–H and O–H groups in total. The van der Waals surface area contributed by atoms with E-state index in [0.29, 0.717) is 29.7 Å². The van der Waals surface area contributed by atoms with Gasteiger partial charge >= 0.3 is 0 Å². The van der Waals surface area contributed by atoms with E-state index in [2.05, 4.69) is 45.9 Å². The third-order valence-electron chi connectivity index (χ3n) is 4.06. The number of para-hydroxylation sites is 1. The Labute approximate surface area is 161 Å². The Morgan fingerprint density at radius 3 is 2.35 bits per heavy atom. The fourth-order valence-electron chi connectivity index (χ4n) is 2.67. The summed E-state index contributed by atoms with van der Waals surface area (Å²) in [4.78, 5) is 0.326. The number of methoxy groups -OCH3 is 1. The predicted molar refractivity (Wildman–Crippen MR) is 110 cm³/mol. The van der Waals surface area contributed by atoms with Crippen molar-refractivity contribution >= 4 is 17.2 Å². The first-order valence-corrected chi connectivity index (χ1v) is 8.98. The van der Waals surface area contributed by atoms with Crippen molar-refractivity contribution in [2.75, 3.05) is 20.3 Å². The molecule has 4 nitrogen and oxygen atoms in total. The quantitative estimate of drug-likeness (QED) is 0.576. The number of hydrogen-bond donors (Lipinski definition) is 1. The summed E-state index contributed by atoms with van der Waals surface area (Å²) in [7, 11) is 1.59. The van der Waals surface area contributed by atoms with E-state index >= 15 is 0 Å². The van der Waals surface area contributed by atoms with Crippen molar-refractivity contribution in [3.8, 4) is 17.2 Å². The third-order valence-corrected chi connectivity index (χ3v) is 4.29. The lowest BCUT2D eigenvalue weighted by molar-refractivity contribution is 0.208. The highest BCUT2D eigenvalue weighted by Crippen LogP contribution is 2.34. The number of hydrogen-bond acceptors (Lipinski definition) is 4. The Kier molecular flexibility index (Phi) is 6.48. The molecule has 140 valence electrons. The lowest BCUT2D eigenvalue weighted by Gasteiger charge is -2.24. The maximum Gasteiger partial charge on any atom is 0.161 e. The van der Waals surface area contributed by atoms with Gasteiger partial charge in [-0.25, -0.2) is 0 Å². The van der Waals surface area contributed by atoms with E-state index in [9.17, 15) is 0 Å². The maximum absolute atomic E-state index is 6.05. The molecule has 0 saturated heterocycles. The van der Waals surface area contributed by atoms with E-state index in [1.165, 1.54) is 5.56 Å². The first-order valence-electron chi connectivity index (χ1n) is 8.57. The molecule has 0 radical (unpaired) electrons. The van der Waals surface area contributed by atoms with Crippen LogP contribution in [0.3, 0.4) is 0 Å². The summed E-state index contributed by atoms with van der Waals surface area (Å²) in [6.45, 7) is 9.44. The van der Waals surface area contributed by atoms with E-state index in [1.807, 2.05) is 12.1 Å². The van der Waals surface area contributed by atoms with Crippen LogP contribution in [-0.2, 0) is 5.41 Å². The molecule has 0 aliphatic carbocycles. The molecule has 0 aromatic heterocycles. The van der Waals surface area contributed by atoms with Crippen molar-refractivity contribution in [1.29, 1.82) is 0 Å². The summed E-state index contributed by atoms with van der Waals surface area (Å²) in [5, 5.41) is 0. The second-order valence-corrected chi connectivity index (χ2v) is 7.57. The topological polar surface area (TPSA) is 53.7 Å². The summed E-state index contributed by atoms with van der Waals surface area (Å²) in [5.74, 6) is 2.16. The summed E-state index contributed by atoms with van der Waals surface area (Å²) < 4.78 is 17.2. The molecule has 0 fully saturated rings. The smallest absolute Gasteiger partial charge is 0.161 e. The third kappa shape index (κ3) is 4.88. The molecule has 0 aliphatic rings. The SMILES string of the molecule is COc1cc(C(N)=S)ccc1OCCOc1c(C)cccc1C(C)(C)C. The zero-order chi connectivity index (χ0) is 19.3. The molecule has 0 amide bonds. The summed E-state index contributed by atoms with van der Waals surface area (Å²) in [6, 6.07) is 11.6. The zero-order valence-electron chi connectivity index (χ0n) is 16.1. The molecule has 0 unspecified atom stereocenters. The van der Waals surface area contributed by atoms with Crippen LogP contribution < -0.4 is 19.9 Å². The van der Waals surface area contributed by atoms with E-state index < -0.39 is 0 Å². The van der Waals surface area contributed by atoms with Gasteiger partial charge in [-0.15, -0.1) is 0 Å². The molecule has 2 rings (SSSR count). The number of aryl methyl sites for hydroxylation is 1. The minimum absolute atomic E-state index is 0.0158. The predicted octanol–water partition coefficient (Wildman–Crippen LogP) is 4.39. The highest BCUT2D eigenvalue weighted by atomic mass is 32.1. The average molecular weight is 374 g/mol. The van der Waals surface area contributed by atoms with E-state index in [-0.39, 0.29) is 5.41 Å². The molecule has 26 heavy (non-hydrogen) atoms. The second-order valence-electron chi connectivity index (χ2n) is 7.13. The summed E-state index contributed by atoms with van der Waals surface area (Å²) >= 11 is 4.99. The van der Waals surface area contributed by atoms with Crippen LogP contribution in [-0.4, -0.2) is 25.3 Å². The van der Waals surface area contributed by atoms with Gasteiger partial charge in [0.2, 0.25) is 0 Å². The van der Waals surface area contributed by atoms with Crippen LogP contribution in [0.2, 0.25) is 0 Å². The number of ether oxygens (including phenoxy) is 3. The van der Waals surface area contributed by atoms with Crippen molar-refractivity contribution in [1.82, 2.24) is 0 Å². The standard InChI is InChI=1S/C21H27NO3S/c1-14-7-6-8-16(21(2,3)4)19(14)25-12-11-24-17-10-9-15(20(22)26)13-18(17)23-5/h6-10,13H,11-12H2,1-5H3,(H2,22,26). The highest BCUT2D eigenvalue weighted by molar-refractivity contribution is 7.80. The molecule has 0 heterocycles. The van der Waals surface area contributed by atoms with Gasteiger partial charge in [-0.2, -0.15) is 0 Å². The van der Waals surface area contributed by atoms with Gasteiger partial charge in [-0.05, 0) is 41.7 Å².